The van der Waals surface area contributed by atoms with Gasteiger partial charge in [0, 0.05) is 10.6 Å². The van der Waals surface area contributed by atoms with Gasteiger partial charge in [0.1, 0.15) is 6.04 Å². The van der Waals surface area contributed by atoms with Crippen LogP contribution in [-0.4, -0.2) is 35.3 Å². The van der Waals surface area contributed by atoms with Gasteiger partial charge < -0.3 is 10.4 Å². The first kappa shape index (κ1) is 19.3. The van der Waals surface area contributed by atoms with Gasteiger partial charge in [-0.2, -0.15) is 0 Å². The quantitative estimate of drug-likeness (QED) is 0.452. The van der Waals surface area contributed by atoms with Gasteiger partial charge in [-0.1, -0.05) is 38.5 Å². The molecule has 1 amide bonds. The Labute approximate surface area is 141 Å². The van der Waals surface area contributed by atoms with Gasteiger partial charge in [0.15, 0.2) is 0 Å². The molecule has 0 radical (unpaired) electrons. The molecule has 0 aromatic heterocycles. The Morgan fingerprint density at radius 3 is 2.70 bits per heavy atom. The van der Waals surface area contributed by atoms with E-state index in [9.17, 15) is 14.7 Å². The normalized spacial score (nSPS) is 13.1. The van der Waals surface area contributed by atoms with Crippen LogP contribution in [0.2, 0.25) is 0 Å². The van der Waals surface area contributed by atoms with Crippen molar-refractivity contribution in [3.63, 3.8) is 0 Å². The number of amides is 1. The number of nitrogens with one attached hydrogen (secondary N) is 2. The summed E-state index contributed by atoms with van der Waals surface area (Å²) in [6.45, 7) is 7.42. The van der Waals surface area contributed by atoms with Crippen LogP contribution in [0.4, 0.5) is 5.69 Å². The molecular formula is C17H24N2O3S. The Morgan fingerprint density at radius 1 is 1.39 bits per heavy atom. The summed E-state index contributed by atoms with van der Waals surface area (Å²) >= 11 is 1.58. The van der Waals surface area contributed by atoms with Crippen LogP contribution in [0.25, 0.3) is 0 Å². The number of hydrogen-bond donors (Lipinski definition) is 3. The maximum Gasteiger partial charge on any atom is 0.320 e. The van der Waals surface area contributed by atoms with E-state index >= 15 is 0 Å². The van der Waals surface area contributed by atoms with Crippen molar-refractivity contribution < 1.29 is 14.7 Å². The number of carboxylic acid groups (broad SMARTS) is 1. The van der Waals surface area contributed by atoms with E-state index in [0.29, 0.717) is 0 Å². The summed E-state index contributed by atoms with van der Waals surface area (Å²) in [6.07, 6.45) is 2.53. The zero-order valence-corrected chi connectivity index (χ0v) is 14.4. The molecule has 6 heteroatoms. The van der Waals surface area contributed by atoms with Crippen LogP contribution < -0.4 is 10.6 Å². The van der Waals surface area contributed by atoms with Crippen LogP contribution in [0.5, 0.6) is 0 Å². The SMILES string of the molecule is C=CCSc1ccccc1NC(=O)CN[C@H](C(=O)O)[C@@H](C)CC. The Balaban J connectivity index is 2.63. The van der Waals surface area contributed by atoms with Crippen LogP contribution in [0.3, 0.4) is 0 Å². The molecule has 0 heterocycles. The first-order valence-electron chi connectivity index (χ1n) is 7.58. The van der Waals surface area contributed by atoms with Crippen LogP contribution in [0.15, 0.2) is 41.8 Å². The molecule has 1 rings (SSSR count). The van der Waals surface area contributed by atoms with E-state index in [1.54, 1.807) is 17.8 Å². The van der Waals surface area contributed by atoms with Gasteiger partial charge in [0.25, 0.3) is 0 Å². The molecule has 0 saturated carbocycles. The van der Waals surface area contributed by atoms with Crippen molar-refractivity contribution in [2.45, 2.75) is 31.2 Å². The number of anilines is 1. The lowest BCUT2D eigenvalue weighted by molar-refractivity contribution is -0.140. The third-order valence-electron chi connectivity index (χ3n) is 3.48. The monoisotopic (exact) mass is 336 g/mol. The van der Waals surface area contributed by atoms with E-state index in [0.717, 1.165) is 22.8 Å². The highest BCUT2D eigenvalue weighted by atomic mass is 32.2. The maximum absolute atomic E-state index is 12.1. The smallest absolute Gasteiger partial charge is 0.320 e. The Kier molecular flexibility index (Phi) is 8.43. The number of carbonyl (C=O) groups is 2. The average molecular weight is 336 g/mol. The fourth-order valence-corrected chi connectivity index (χ4v) is 2.76. The van der Waals surface area contributed by atoms with Gasteiger partial charge in [-0.05, 0) is 18.1 Å². The highest BCUT2D eigenvalue weighted by Crippen LogP contribution is 2.26. The summed E-state index contributed by atoms with van der Waals surface area (Å²) in [4.78, 5) is 24.3. The number of benzene rings is 1. The lowest BCUT2D eigenvalue weighted by Crippen LogP contribution is -2.45. The fourth-order valence-electron chi connectivity index (χ4n) is 2.01. The summed E-state index contributed by atoms with van der Waals surface area (Å²) < 4.78 is 0. The van der Waals surface area contributed by atoms with Crippen molar-refractivity contribution in [3.8, 4) is 0 Å². The van der Waals surface area contributed by atoms with Crippen LogP contribution >= 0.6 is 11.8 Å². The third-order valence-corrected chi connectivity index (χ3v) is 4.55. The highest BCUT2D eigenvalue weighted by molar-refractivity contribution is 7.99. The minimum atomic E-state index is -0.936. The van der Waals surface area contributed by atoms with Crippen molar-refractivity contribution in [1.29, 1.82) is 0 Å². The average Bonchev–Trinajstić information content (AvgIpc) is 2.53. The molecule has 126 valence electrons. The van der Waals surface area contributed by atoms with Crippen molar-refractivity contribution in [1.82, 2.24) is 5.32 Å². The van der Waals surface area contributed by atoms with E-state index in [2.05, 4.69) is 17.2 Å². The molecular weight excluding hydrogens is 312 g/mol. The summed E-state index contributed by atoms with van der Waals surface area (Å²) in [5.41, 5.74) is 0.724. The Hall–Kier alpha value is -1.79. The van der Waals surface area contributed by atoms with Crippen LogP contribution in [0.1, 0.15) is 20.3 Å². The van der Waals surface area contributed by atoms with Gasteiger partial charge >= 0.3 is 5.97 Å². The number of carbonyl (C=O) groups excluding carboxylic acids is 1. The molecule has 3 N–H and O–H groups in total. The summed E-state index contributed by atoms with van der Waals surface area (Å²) in [5, 5.41) is 14.9. The topological polar surface area (TPSA) is 78.4 Å². The van der Waals surface area contributed by atoms with Gasteiger partial charge in [-0.25, -0.2) is 0 Å². The molecule has 0 aliphatic carbocycles. The second-order valence-corrected chi connectivity index (χ2v) is 6.29. The van der Waals surface area contributed by atoms with E-state index in [1.807, 2.05) is 38.1 Å². The largest absolute Gasteiger partial charge is 0.480 e. The van der Waals surface area contributed by atoms with Gasteiger partial charge in [0.2, 0.25) is 5.91 Å². The maximum atomic E-state index is 12.1. The minimum absolute atomic E-state index is 0.0399. The van der Waals surface area contributed by atoms with Crippen LogP contribution in [-0.2, 0) is 9.59 Å². The molecule has 0 unspecified atom stereocenters. The van der Waals surface area contributed by atoms with Crippen molar-refractivity contribution in [2.75, 3.05) is 17.6 Å². The number of carboxylic acids is 1. The predicted molar refractivity (Wildman–Crippen MR) is 94.9 cm³/mol. The predicted octanol–water partition coefficient (Wildman–Crippen LogP) is 2.99. The summed E-state index contributed by atoms with van der Waals surface area (Å²) in [7, 11) is 0. The molecule has 0 bridgehead atoms. The fraction of sp³-hybridized carbons (Fsp3) is 0.412. The minimum Gasteiger partial charge on any atom is -0.480 e. The number of thioether (sulfide) groups is 1. The zero-order chi connectivity index (χ0) is 17.2. The molecule has 2 atom stereocenters. The van der Waals surface area contributed by atoms with Crippen molar-refractivity contribution in [2.24, 2.45) is 5.92 Å². The molecule has 1 aromatic rings. The molecule has 0 aliphatic heterocycles. The Bertz CT molecular complexity index is 548. The van der Waals surface area contributed by atoms with Crippen molar-refractivity contribution in [3.05, 3.63) is 36.9 Å². The van der Waals surface area contributed by atoms with E-state index in [1.165, 1.54) is 0 Å². The number of hydrogen-bond acceptors (Lipinski definition) is 4. The second kappa shape index (κ2) is 10.1. The molecule has 1 aromatic carbocycles. The number of aliphatic carboxylic acids is 1. The second-order valence-electron chi connectivity index (χ2n) is 5.23. The number of rotatable bonds is 10. The van der Waals surface area contributed by atoms with Gasteiger partial charge in [-0.3, -0.25) is 14.9 Å². The van der Waals surface area contributed by atoms with Crippen LogP contribution in [0, 0.1) is 5.92 Å². The van der Waals surface area contributed by atoms with E-state index in [4.69, 9.17) is 0 Å². The van der Waals surface area contributed by atoms with E-state index < -0.39 is 12.0 Å². The molecule has 23 heavy (non-hydrogen) atoms. The Morgan fingerprint density at radius 2 is 2.09 bits per heavy atom. The molecule has 5 nitrogen and oxygen atoms in total. The standard InChI is InChI=1S/C17H24N2O3S/c1-4-10-23-14-9-7-6-8-13(14)19-15(20)11-18-16(17(21)22)12(3)5-2/h4,6-9,12,16,18H,1,5,10-11H2,2-3H3,(H,19,20)(H,21,22)/t12-,16-/m0/s1. The van der Waals surface area contributed by atoms with Crippen molar-refractivity contribution >= 4 is 29.3 Å². The highest BCUT2D eigenvalue weighted by Gasteiger charge is 2.23. The molecule has 0 spiro atoms. The zero-order valence-electron chi connectivity index (χ0n) is 13.5. The lowest BCUT2D eigenvalue weighted by Gasteiger charge is -2.20. The van der Waals surface area contributed by atoms with Gasteiger partial charge in [0.05, 0.1) is 12.2 Å². The first-order valence-corrected chi connectivity index (χ1v) is 8.56. The third kappa shape index (κ3) is 6.46. The molecule has 0 fully saturated rings. The lowest BCUT2D eigenvalue weighted by atomic mass is 9.99. The molecule has 0 saturated heterocycles. The first-order chi connectivity index (χ1) is 11.0. The summed E-state index contributed by atoms with van der Waals surface area (Å²) in [6, 6.07) is 6.78. The molecule has 0 aliphatic rings. The number of para-hydroxylation sites is 1. The summed E-state index contributed by atoms with van der Waals surface area (Å²) in [5.74, 6) is -0.490. The van der Waals surface area contributed by atoms with Gasteiger partial charge in [-0.15, -0.1) is 18.3 Å². The van der Waals surface area contributed by atoms with E-state index in [-0.39, 0.29) is 18.4 Å².